The fraction of sp³-hybridized carbons (Fsp3) is 0.286. The number of imidazole rings is 1. The number of hydrogen-bond donors (Lipinski definition) is 2. The number of amides is 1. The van der Waals surface area contributed by atoms with Crippen molar-refractivity contribution in [2.24, 2.45) is 0 Å². The second kappa shape index (κ2) is 5.14. The van der Waals surface area contributed by atoms with E-state index in [4.69, 9.17) is 4.74 Å². The zero-order valence-corrected chi connectivity index (χ0v) is 10.4. The highest BCUT2D eigenvalue weighted by Crippen LogP contribution is 2.33. The number of para-hydroxylation sites is 1. The first-order valence-electron chi connectivity index (χ1n) is 6.32. The van der Waals surface area contributed by atoms with E-state index in [9.17, 15) is 4.79 Å². The summed E-state index contributed by atoms with van der Waals surface area (Å²) in [6, 6.07) is 7.70. The van der Waals surface area contributed by atoms with Crippen molar-refractivity contribution in [1.82, 2.24) is 15.3 Å². The van der Waals surface area contributed by atoms with Crippen LogP contribution in [0.5, 0.6) is 5.75 Å². The van der Waals surface area contributed by atoms with Gasteiger partial charge in [-0.2, -0.15) is 0 Å². The van der Waals surface area contributed by atoms with E-state index in [2.05, 4.69) is 15.3 Å². The molecule has 5 heteroatoms. The Hall–Kier alpha value is -2.30. The van der Waals surface area contributed by atoms with Gasteiger partial charge in [-0.25, -0.2) is 4.98 Å². The Labute approximate surface area is 111 Å². The number of fused-ring (bicyclic) bond motifs is 1. The number of nitrogens with one attached hydrogen (secondary N) is 2. The molecule has 0 fully saturated rings. The van der Waals surface area contributed by atoms with Gasteiger partial charge in [-0.3, -0.25) is 4.79 Å². The van der Waals surface area contributed by atoms with Crippen LogP contribution in [-0.2, 0) is 11.3 Å². The van der Waals surface area contributed by atoms with Gasteiger partial charge in [-0.1, -0.05) is 18.2 Å². The van der Waals surface area contributed by atoms with Crippen molar-refractivity contribution in [2.75, 3.05) is 6.61 Å². The van der Waals surface area contributed by atoms with Crippen LogP contribution in [0.1, 0.15) is 23.7 Å². The van der Waals surface area contributed by atoms with Gasteiger partial charge in [0.25, 0.3) is 0 Å². The molecule has 0 saturated heterocycles. The molecule has 0 spiro atoms. The normalized spacial score (nSPS) is 17.4. The Morgan fingerprint density at radius 2 is 2.37 bits per heavy atom. The lowest BCUT2D eigenvalue weighted by atomic mass is 9.92. The molecule has 0 bridgehead atoms. The Balaban J connectivity index is 1.71. The van der Waals surface area contributed by atoms with Crippen LogP contribution in [0.2, 0.25) is 0 Å². The van der Waals surface area contributed by atoms with Crippen LogP contribution in [0.3, 0.4) is 0 Å². The molecular weight excluding hydrogens is 242 g/mol. The van der Waals surface area contributed by atoms with Crippen LogP contribution in [-0.4, -0.2) is 22.5 Å². The number of benzene rings is 1. The van der Waals surface area contributed by atoms with Gasteiger partial charge in [0.05, 0.1) is 19.1 Å². The molecule has 1 aromatic heterocycles. The van der Waals surface area contributed by atoms with Crippen LogP contribution in [0.4, 0.5) is 0 Å². The molecule has 5 nitrogen and oxygen atoms in total. The van der Waals surface area contributed by atoms with E-state index in [0.717, 1.165) is 17.1 Å². The van der Waals surface area contributed by atoms with Crippen molar-refractivity contribution in [3.8, 4) is 5.75 Å². The molecule has 2 N–H and O–H groups in total. The summed E-state index contributed by atoms with van der Waals surface area (Å²) in [7, 11) is 0. The lowest BCUT2D eigenvalue weighted by Gasteiger charge is -2.24. The number of aromatic amines is 1. The lowest BCUT2D eigenvalue weighted by Crippen LogP contribution is -2.32. The summed E-state index contributed by atoms with van der Waals surface area (Å²) >= 11 is 0. The summed E-state index contributed by atoms with van der Waals surface area (Å²) in [6.07, 6.45) is 4.12. The Bertz CT molecular complexity index is 566. The fourth-order valence-electron chi connectivity index (χ4n) is 2.30. The van der Waals surface area contributed by atoms with Gasteiger partial charge < -0.3 is 15.0 Å². The summed E-state index contributed by atoms with van der Waals surface area (Å²) in [5.41, 5.74) is 0.964. The standard InChI is InChI=1S/C14H15N3O2/c18-14(17-9-13-15-6-7-16-13)11-5-8-19-12-4-2-1-3-10(11)12/h1-4,6-7,11H,5,8-9H2,(H,15,16)(H,17,18). The highest BCUT2D eigenvalue weighted by atomic mass is 16.5. The van der Waals surface area contributed by atoms with E-state index in [1.54, 1.807) is 12.4 Å². The SMILES string of the molecule is O=C(NCc1ncc[nH]1)C1CCOc2ccccc21. The topological polar surface area (TPSA) is 67.0 Å². The average molecular weight is 257 g/mol. The van der Waals surface area contributed by atoms with Gasteiger partial charge in [-0.15, -0.1) is 0 Å². The summed E-state index contributed by atoms with van der Waals surface area (Å²) in [5, 5.41) is 2.91. The van der Waals surface area contributed by atoms with E-state index >= 15 is 0 Å². The van der Waals surface area contributed by atoms with Crippen molar-refractivity contribution in [2.45, 2.75) is 18.9 Å². The van der Waals surface area contributed by atoms with E-state index in [0.29, 0.717) is 19.6 Å². The number of rotatable bonds is 3. The Kier molecular flexibility index (Phi) is 3.18. The van der Waals surface area contributed by atoms with E-state index in [1.165, 1.54) is 0 Å². The van der Waals surface area contributed by atoms with Gasteiger partial charge >= 0.3 is 0 Å². The van der Waals surface area contributed by atoms with Crippen molar-refractivity contribution < 1.29 is 9.53 Å². The molecule has 2 aromatic rings. The molecule has 1 aromatic carbocycles. The quantitative estimate of drug-likeness (QED) is 0.877. The van der Waals surface area contributed by atoms with E-state index in [1.807, 2.05) is 24.3 Å². The molecule has 1 atom stereocenters. The first-order chi connectivity index (χ1) is 9.34. The monoisotopic (exact) mass is 257 g/mol. The molecule has 1 aliphatic heterocycles. The van der Waals surface area contributed by atoms with Gasteiger partial charge in [0.15, 0.2) is 0 Å². The Morgan fingerprint density at radius 3 is 3.21 bits per heavy atom. The molecule has 1 aliphatic rings. The maximum absolute atomic E-state index is 12.2. The minimum absolute atomic E-state index is 0.0205. The molecule has 19 heavy (non-hydrogen) atoms. The van der Waals surface area contributed by atoms with Crippen LogP contribution < -0.4 is 10.1 Å². The number of carbonyl (C=O) groups is 1. The first kappa shape index (κ1) is 11.8. The largest absolute Gasteiger partial charge is 0.493 e. The highest BCUT2D eigenvalue weighted by molar-refractivity contribution is 5.84. The van der Waals surface area contributed by atoms with Crippen LogP contribution in [0, 0.1) is 0 Å². The fourth-order valence-corrected chi connectivity index (χ4v) is 2.30. The number of hydrogen-bond acceptors (Lipinski definition) is 3. The summed E-state index contributed by atoms with van der Waals surface area (Å²) < 4.78 is 5.56. The summed E-state index contributed by atoms with van der Waals surface area (Å²) in [6.45, 7) is 1.00. The van der Waals surface area contributed by atoms with E-state index in [-0.39, 0.29) is 11.8 Å². The molecule has 1 unspecified atom stereocenters. The molecule has 2 heterocycles. The average Bonchev–Trinajstić information content (AvgIpc) is 2.97. The molecule has 1 amide bonds. The minimum Gasteiger partial charge on any atom is -0.493 e. The third-order valence-electron chi connectivity index (χ3n) is 3.26. The Morgan fingerprint density at radius 1 is 1.47 bits per heavy atom. The molecule has 0 saturated carbocycles. The second-order valence-electron chi connectivity index (χ2n) is 4.48. The van der Waals surface area contributed by atoms with Gasteiger partial charge in [0, 0.05) is 18.0 Å². The molecule has 0 radical (unpaired) electrons. The maximum Gasteiger partial charge on any atom is 0.228 e. The molecule has 0 aliphatic carbocycles. The van der Waals surface area contributed by atoms with Crippen LogP contribution in [0.15, 0.2) is 36.7 Å². The van der Waals surface area contributed by atoms with Crippen molar-refractivity contribution in [1.29, 1.82) is 0 Å². The third kappa shape index (κ3) is 2.45. The van der Waals surface area contributed by atoms with Crippen molar-refractivity contribution in [3.63, 3.8) is 0 Å². The molecule has 3 rings (SSSR count). The van der Waals surface area contributed by atoms with Crippen LogP contribution in [0.25, 0.3) is 0 Å². The van der Waals surface area contributed by atoms with Gasteiger partial charge in [0.2, 0.25) is 5.91 Å². The summed E-state index contributed by atoms with van der Waals surface area (Å²) in [5.74, 6) is 1.45. The second-order valence-corrected chi connectivity index (χ2v) is 4.48. The summed E-state index contributed by atoms with van der Waals surface area (Å²) in [4.78, 5) is 19.3. The predicted molar refractivity (Wildman–Crippen MR) is 69.7 cm³/mol. The van der Waals surface area contributed by atoms with Crippen LogP contribution >= 0.6 is 0 Å². The maximum atomic E-state index is 12.2. The molecular formula is C14H15N3O2. The number of ether oxygens (including phenoxy) is 1. The third-order valence-corrected chi connectivity index (χ3v) is 3.26. The van der Waals surface area contributed by atoms with Gasteiger partial charge in [-0.05, 0) is 12.5 Å². The smallest absolute Gasteiger partial charge is 0.228 e. The first-order valence-corrected chi connectivity index (χ1v) is 6.32. The van der Waals surface area contributed by atoms with Crippen molar-refractivity contribution >= 4 is 5.91 Å². The highest BCUT2D eigenvalue weighted by Gasteiger charge is 2.27. The zero-order chi connectivity index (χ0) is 13.1. The predicted octanol–water partition coefficient (Wildman–Crippen LogP) is 1.59. The van der Waals surface area contributed by atoms with E-state index < -0.39 is 0 Å². The number of aromatic nitrogens is 2. The zero-order valence-electron chi connectivity index (χ0n) is 10.4. The number of H-pyrrole nitrogens is 1. The minimum atomic E-state index is -0.139. The lowest BCUT2D eigenvalue weighted by molar-refractivity contribution is -0.123. The number of nitrogens with zero attached hydrogens (tertiary/aromatic N) is 1. The van der Waals surface area contributed by atoms with Crippen molar-refractivity contribution in [3.05, 3.63) is 48.0 Å². The number of carbonyl (C=O) groups excluding carboxylic acids is 1. The molecule has 98 valence electrons. The van der Waals surface area contributed by atoms with Gasteiger partial charge in [0.1, 0.15) is 11.6 Å².